The third-order valence-corrected chi connectivity index (χ3v) is 4.83. The Hall–Kier alpha value is -4.13. The molecule has 0 saturated carbocycles. The number of benzene rings is 3. The number of anilines is 1. The number of nitrogens with one attached hydrogen (secondary N) is 1. The largest absolute Gasteiger partial charge is 0.490 e. The third kappa shape index (κ3) is 5.57. The Balaban J connectivity index is 1.40. The molecule has 0 radical (unpaired) electrons. The fraction of sp³-hybridized carbons (Fsp3) is 0.192. The summed E-state index contributed by atoms with van der Waals surface area (Å²) in [7, 11) is 0. The number of carbonyl (C=O) groups is 1. The Labute approximate surface area is 192 Å². The molecule has 4 rings (SSSR count). The summed E-state index contributed by atoms with van der Waals surface area (Å²) in [6, 6.07) is 22.4. The van der Waals surface area contributed by atoms with Crippen LogP contribution >= 0.6 is 0 Å². The Bertz CT molecular complexity index is 1200. The van der Waals surface area contributed by atoms with Gasteiger partial charge in [-0.15, -0.1) is 10.2 Å². The van der Waals surface area contributed by atoms with Crippen molar-refractivity contribution < 1.29 is 18.7 Å². The maximum atomic E-state index is 12.6. The lowest BCUT2D eigenvalue weighted by Gasteiger charge is -2.12. The fourth-order valence-corrected chi connectivity index (χ4v) is 3.33. The van der Waals surface area contributed by atoms with Crippen molar-refractivity contribution in [1.82, 2.24) is 10.2 Å². The maximum absolute atomic E-state index is 12.6. The molecule has 1 N–H and O–H groups in total. The zero-order chi connectivity index (χ0) is 23.0. The van der Waals surface area contributed by atoms with E-state index in [1.54, 1.807) is 0 Å². The highest BCUT2D eigenvalue weighted by Gasteiger charge is 2.12. The number of aromatic nitrogens is 2. The lowest BCUT2D eigenvalue weighted by Crippen LogP contribution is -2.14. The summed E-state index contributed by atoms with van der Waals surface area (Å²) >= 11 is 0. The van der Waals surface area contributed by atoms with E-state index >= 15 is 0 Å². The van der Waals surface area contributed by atoms with Crippen LogP contribution in [0.4, 0.5) is 5.69 Å². The highest BCUT2D eigenvalue weighted by atomic mass is 16.5. The molecular formula is C26H25N3O4. The number of amides is 1. The topological polar surface area (TPSA) is 86.5 Å². The first-order valence-electron chi connectivity index (χ1n) is 10.8. The Morgan fingerprint density at radius 2 is 1.45 bits per heavy atom. The molecule has 33 heavy (non-hydrogen) atoms. The summed E-state index contributed by atoms with van der Waals surface area (Å²) in [5, 5.41) is 11.2. The van der Waals surface area contributed by atoms with Gasteiger partial charge in [-0.25, -0.2) is 0 Å². The molecule has 1 amide bonds. The van der Waals surface area contributed by atoms with Gasteiger partial charge in [0, 0.05) is 16.8 Å². The van der Waals surface area contributed by atoms with Crippen LogP contribution in [0.15, 0.2) is 77.2 Å². The minimum absolute atomic E-state index is 0.126. The second-order valence-electron chi connectivity index (χ2n) is 7.23. The van der Waals surface area contributed by atoms with Crippen LogP contribution in [-0.2, 0) is 11.2 Å². The minimum Gasteiger partial charge on any atom is -0.490 e. The van der Waals surface area contributed by atoms with Gasteiger partial charge in [0.25, 0.3) is 0 Å². The second-order valence-corrected chi connectivity index (χ2v) is 7.23. The number of hydrogen-bond donors (Lipinski definition) is 1. The van der Waals surface area contributed by atoms with Crippen molar-refractivity contribution in [3.63, 3.8) is 0 Å². The molecular weight excluding hydrogens is 418 g/mol. The van der Waals surface area contributed by atoms with Gasteiger partial charge >= 0.3 is 0 Å². The van der Waals surface area contributed by atoms with E-state index < -0.39 is 0 Å². The number of rotatable bonds is 9. The summed E-state index contributed by atoms with van der Waals surface area (Å²) < 4.78 is 17.0. The molecule has 0 unspecified atom stereocenters. The zero-order valence-corrected chi connectivity index (χ0v) is 18.6. The van der Waals surface area contributed by atoms with Crippen molar-refractivity contribution in [1.29, 1.82) is 0 Å². The molecule has 0 aliphatic heterocycles. The predicted octanol–water partition coefficient (Wildman–Crippen LogP) is 5.38. The molecule has 0 aliphatic rings. The quantitative estimate of drug-likeness (QED) is 0.374. The van der Waals surface area contributed by atoms with Crippen molar-refractivity contribution in [2.75, 3.05) is 18.5 Å². The van der Waals surface area contributed by atoms with E-state index in [-0.39, 0.29) is 12.3 Å². The molecule has 7 nitrogen and oxygen atoms in total. The first-order chi connectivity index (χ1) is 16.2. The molecule has 0 fully saturated rings. The summed E-state index contributed by atoms with van der Waals surface area (Å²) in [6.07, 6.45) is 0.221. The lowest BCUT2D eigenvalue weighted by molar-refractivity contribution is -0.115. The van der Waals surface area contributed by atoms with Crippen LogP contribution < -0.4 is 14.8 Å². The highest BCUT2D eigenvalue weighted by molar-refractivity contribution is 5.92. The molecule has 1 aromatic heterocycles. The van der Waals surface area contributed by atoms with E-state index in [2.05, 4.69) is 15.5 Å². The predicted molar refractivity (Wildman–Crippen MR) is 126 cm³/mol. The molecule has 0 saturated heterocycles. The monoisotopic (exact) mass is 443 g/mol. The first-order valence-corrected chi connectivity index (χ1v) is 10.8. The maximum Gasteiger partial charge on any atom is 0.248 e. The van der Waals surface area contributed by atoms with Crippen LogP contribution in [0.2, 0.25) is 0 Å². The van der Waals surface area contributed by atoms with E-state index in [0.717, 1.165) is 16.7 Å². The van der Waals surface area contributed by atoms with Crippen molar-refractivity contribution in [3.8, 4) is 34.4 Å². The van der Waals surface area contributed by atoms with Crippen LogP contribution in [0.1, 0.15) is 19.4 Å². The normalized spacial score (nSPS) is 10.6. The second kappa shape index (κ2) is 10.5. The number of carbonyl (C=O) groups excluding carboxylic acids is 1. The SMILES string of the molecule is CCOc1ccc(CC(=O)Nc2ccc(-c3nnc(-c4ccccc4)o3)cc2)cc1OCC. The van der Waals surface area contributed by atoms with Gasteiger partial charge < -0.3 is 19.2 Å². The van der Waals surface area contributed by atoms with Gasteiger partial charge in [-0.2, -0.15) is 0 Å². The van der Waals surface area contributed by atoms with E-state index in [4.69, 9.17) is 13.9 Å². The van der Waals surface area contributed by atoms with Gasteiger partial charge in [-0.05, 0) is 67.9 Å². The van der Waals surface area contributed by atoms with Crippen LogP contribution in [0.5, 0.6) is 11.5 Å². The van der Waals surface area contributed by atoms with E-state index in [1.807, 2.05) is 86.6 Å². The van der Waals surface area contributed by atoms with Gasteiger partial charge in [-0.1, -0.05) is 24.3 Å². The molecule has 3 aromatic carbocycles. The molecule has 0 aliphatic carbocycles. The number of nitrogens with zero attached hydrogens (tertiary/aromatic N) is 2. The average molecular weight is 444 g/mol. The van der Waals surface area contributed by atoms with Crippen LogP contribution in [-0.4, -0.2) is 29.3 Å². The van der Waals surface area contributed by atoms with Gasteiger partial charge in [-0.3, -0.25) is 4.79 Å². The standard InChI is InChI=1S/C26H25N3O4/c1-3-31-22-15-10-18(16-23(22)32-4-2)17-24(30)27-21-13-11-20(12-14-21)26-29-28-25(33-26)19-8-6-5-7-9-19/h5-16H,3-4,17H2,1-2H3,(H,27,30). The average Bonchev–Trinajstić information content (AvgIpc) is 3.32. The van der Waals surface area contributed by atoms with Gasteiger partial charge in [0.05, 0.1) is 19.6 Å². The van der Waals surface area contributed by atoms with Gasteiger partial charge in [0.15, 0.2) is 11.5 Å². The number of ether oxygens (including phenoxy) is 2. The lowest BCUT2D eigenvalue weighted by atomic mass is 10.1. The van der Waals surface area contributed by atoms with Crippen molar-refractivity contribution in [3.05, 3.63) is 78.4 Å². The van der Waals surface area contributed by atoms with Gasteiger partial charge in [0.2, 0.25) is 17.7 Å². The van der Waals surface area contributed by atoms with Crippen molar-refractivity contribution in [2.45, 2.75) is 20.3 Å². The Morgan fingerprint density at radius 1 is 0.818 bits per heavy atom. The van der Waals surface area contributed by atoms with Crippen LogP contribution in [0.3, 0.4) is 0 Å². The molecule has 168 valence electrons. The molecule has 0 spiro atoms. The first kappa shape index (κ1) is 22.1. The van der Waals surface area contributed by atoms with E-state index in [9.17, 15) is 4.79 Å². The van der Waals surface area contributed by atoms with E-state index in [0.29, 0.717) is 42.2 Å². The Morgan fingerprint density at radius 3 is 2.12 bits per heavy atom. The molecule has 7 heteroatoms. The highest BCUT2D eigenvalue weighted by Crippen LogP contribution is 2.29. The smallest absolute Gasteiger partial charge is 0.248 e. The summed E-state index contributed by atoms with van der Waals surface area (Å²) in [6.45, 7) is 4.90. The van der Waals surface area contributed by atoms with Crippen LogP contribution in [0, 0.1) is 0 Å². The summed E-state index contributed by atoms with van der Waals surface area (Å²) in [5.41, 5.74) is 3.16. The number of hydrogen-bond acceptors (Lipinski definition) is 6. The fourth-order valence-electron chi connectivity index (χ4n) is 3.33. The van der Waals surface area contributed by atoms with E-state index in [1.165, 1.54) is 0 Å². The molecule has 4 aromatic rings. The zero-order valence-electron chi connectivity index (χ0n) is 18.6. The van der Waals surface area contributed by atoms with Crippen LogP contribution in [0.25, 0.3) is 22.9 Å². The summed E-state index contributed by atoms with van der Waals surface area (Å²) in [5.74, 6) is 2.08. The van der Waals surface area contributed by atoms with Crippen molar-refractivity contribution in [2.24, 2.45) is 0 Å². The summed E-state index contributed by atoms with van der Waals surface area (Å²) in [4.78, 5) is 12.6. The Kier molecular flexibility index (Phi) is 6.99. The molecule has 0 bridgehead atoms. The minimum atomic E-state index is -0.126. The molecule has 1 heterocycles. The molecule has 0 atom stereocenters. The van der Waals surface area contributed by atoms with Crippen molar-refractivity contribution >= 4 is 11.6 Å². The van der Waals surface area contributed by atoms with Gasteiger partial charge in [0.1, 0.15) is 0 Å². The third-order valence-electron chi connectivity index (χ3n) is 4.83.